The van der Waals surface area contributed by atoms with Crippen molar-refractivity contribution in [1.29, 1.82) is 0 Å². The van der Waals surface area contributed by atoms with Crippen LogP contribution in [0.5, 0.6) is 0 Å². The highest BCUT2D eigenvalue weighted by Crippen LogP contribution is 2.30. The molecule has 41 heavy (non-hydrogen) atoms. The molecule has 0 saturated heterocycles. The fourth-order valence-electron chi connectivity index (χ4n) is 5.02. The van der Waals surface area contributed by atoms with Crippen LogP contribution in [0.25, 0.3) is 22.2 Å². The SMILES string of the molecule is CC(OC(=O)c1c2c(nc3ccccc13)CCN(Cc1ccccc1)C2)C(=O)Nc1nc(-c2ccc(Cl)cc2)cs1. The molecule has 6 rings (SSSR count). The van der Waals surface area contributed by atoms with E-state index in [0.717, 1.165) is 52.9 Å². The molecule has 0 fully saturated rings. The number of halogens is 1. The number of hydrogen-bond donors (Lipinski definition) is 1. The molecule has 1 aliphatic heterocycles. The molecule has 9 heteroatoms. The summed E-state index contributed by atoms with van der Waals surface area (Å²) in [6.07, 6.45) is -0.305. The van der Waals surface area contributed by atoms with Gasteiger partial charge in [-0.15, -0.1) is 11.3 Å². The molecular weight excluding hydrogens is 556 g/mol. The quantitative estimate of drug-likeness (QED) is 0.214. The summed E-state index contributed by atoms with van der Waals surface area (Å²) in [6.45, 7) is 3.75. The normalized spacial score (nSPS) is 13.9. The number of fused-ring (bicyclic) bond motifs is 2. The number of thiazole rings is 1. The maximum atomic E-state index is 13.7. The number of pyridine rings is 1. The maximum Gasteiger partial charge on any atom is 0.339 e. The lowest BCUT2D eigenvalue weighted by atomic mass is 9.95. The molecule has 2 aromatic heterocycles. The first-order valence-electron chi connectivity index (χ1n) is 13.3. The van der Waals surface area contributed by atoms with Gasteiger partial charge in [0.25, 0.3) is 5.91 Å². The Morgan fingerprint density at radius 1 is 1.02 bits per heavy atom. The van der Waals surface area contributed by atoms with Crippen LogP contribution in [0.15, 0.2) is 84.2 Å². The molecule has 3 aromatic carbocycles. The number of anilines is 1. The first-order chi connectivity index (χ1) is 19.9. The van der Waals surface area contributed by atoms with Crippen LogP contribution in [0.1, 0.15) is 34.1 Å². The Hall–Kier alpha value is -4.11. The number of para-hydroxylation sites is 1. The summed E-state index contributed by atoms with van der Waals surface area (Å²) < 4.78 is 5.77. The molecular formula is C32H27ClN4O3S. The lowest BCUT2D eigenvalue weighted by Gasteiger charge is -2.30. The summed E-state index contributed by atoms with van der Waals surface area (Å²) in [6, 6.07) is 25.2. The van der Waals surface area contributed by atoms with E-state index >= 15 is 0 Å². The van der Waals surface area contributed by atoms with Crippen molar-refractivity contribution in [3.05, 3.63) is 112 Å². The van der Waals surface area contributed by atoms with Gasteiger partial charge in [0.2, 0.25) is 0 Å². The van der Waals surface area contributed by atoms with E-state index in [4.69, 9.17) is 21.3 Å². The average Bonchev–Trinajstić information content (AvgIpc) is 3.45. The van der Waals surface area contributed by atoms with E-state index in [1.165, 1.54) is 16.9 Å². The number of rotatable bonds is 7. The molecule has 0 aliphatic carbocycles. The predicted octanol–water partition coefficient (Wildman–Crippen LogP) is 6.75. The van der Waals surface area contributed by atoms with Crippen molar-refractivity contribution in [2.75, 3.05) is 11.9 Å². The van der Waals surface area contributed by atoms with Crippen molar-refractivity contribution < 1.29 is 14.3 Å². The van der Waals surface area contributed by atoms with Crippen molar-refractivity contribution in [1.82, 2.24) is 14.9 Å². The van der Waals surface area contributed by atoms with Crippen molar-refractivity contribution >= 4 is 50.8 Å². The lowest BCUT2D eigenvalue weighted by molar-refractivity contribution is -0.123. The van der Waals surface area contributed by atoms with E-state index in [1.54, 1.807) is 19.1 Å². The van der Waals surface area contributed by atoms with Crippen LogP contribution in [0.2, 0.25) is 5.02 Å². The first-order valence-corrected chi connectivity index (χ1v) is 14.6. The number of nitrogens with one attached hydrogen (secondary N) is 1. The summed E-state index contributed by atoms with van der Waals surface area (Å²) in [5.74, 6) is -0.988. The predicted molar refractivity (Wildman–Crippen MR) is 162 cm³/mol. The number of esters is 1. The number of carbonyl (C=O) groups is 2. The van der Waals surface area contributed by atoms with Crippen LogP contribution in [0.4, 0.5) is 5.13 Å². The second-order valence-electron chi connectivity index (χ2n) is 9.96. The summed E-state index contributed by atoms with van der Waals surface area (Å²) in [7, 11) is 0. The molecule has 1 N–H and O–H groups in total. The molecule has 1 atom stereocenters. The van der Waals surface area contributed by atoms with E-state index in [2.05, 4.69) is 27.3 Å². The Morgan fingerprint density at radius 3 is 2.59 bits per heavy atom. The van der Waals surface area contributed by atoms with E-state index < -0.39 is 18.0 Å². The van der Waals surface area contributed by atoms with Gasteiger partial charge in [-0.25, -0.2) is 9.78 Å². The molecule has 0 bridgehead atoms. The Bertz CT molecular complexity index is 1720. The number of ether oxygens (including phenoxy) is 1. The van der Waals surface area contributed by atoms with Crippen molar-refractivity contribution in [2.45, 2.75) is 32.5 Å². The highest BCUT2D eigenvalue weighted by molar-refractivity contribution is 7.14. The largest absolute Gasteiger partial charge is 0.449 e. The van der Waals surface area contributed by atoms with Crippen molar-refractivity contribution in [2.24, 2.45) is 0 Å². The molecule has 0 saturated carbocycles. The Kier molecular flexibility index (Phi) is 7.78. The second-order valence-corrected chi connectivity index (χ2v) is 11.3. The van der Waals surface area contributed by atoms with Gasteiger partial charge in [-0.05, 0) is 30.7 Å². The third-order valence-corrected chi connectivity index (χ3v) is 8.12. The molecule has 206 valence electrons. The summed E-state index contributed by atoms with van der Waals surface area (Å²) in [5.41, 5.74) is 5.79. The standard InChI is InChI=1S/C32H27ClN4O3S/c1-20(30(38)36-32-35-28(19-41-32)22-11-13-23(33)14-12-22)40-31(39)29-24-9-5-6-10-26(24)34-27-15-16-37(18-25(27)29)17-21-7-3-2-4-8-21/h2-14,19-20H,15-18H2,1H3,(H,35,36,38). The average molecular weight is 583 g/mol. The molecule has 0 spiro atoms. The van der Waals surface area contributed by atoms with Crippen molar-refractivity contribution in [3.63, 3.8) is 0 Å². The molecule has 1 amide bonds. The molecule has 1 unspecified atom stereocenters. The fraction of sp³-hybridized carbons (Fsp3) is 0.188. The Balaban J connectivity index is 1.20. The Labute approximate surface area is 246 Å². The number of hydrogen-bond acceptors (Lipinski definition) is 7. The third-order valence-electron chi connectivity index (χ3n) is 7.11. The van der Waals surface area contributed by atoms with Gasteiger partial charge < -0.3 is 4.74 Å². The zero-order chi connectivity index (χ0) is 28.3. The van der Waals surface area contributed by atoms with E-state index in [1.807, 2.05) is 60.0 Å². The highest BCUT2D eigenvalue weighted by atomic mass is 35.5. The Morgan fingerprint density at radius 2 is 1.78 bits per heavy atom. The zero-order valence-corrected chi connectivity index (χ0v) is 23.9. The van der Waals surface area contributed by atoms with Gasteiger partial charge in [0.05, 0.1) is 16.8 Å². The van der Waals surface area contributed by atoms with E-state index in [0.29, 0.717) is 22.3 Å². The summed E-state index contributed by atoms with van der Waals surface area (Å²) >= 11 is 7.28. The van der Waals surface area contributed by atoms with Crippen LogP contribution in [0, 0.1) is 0 Å². The minimum atomic E-state index is -1.03. The third kappa shape index (κ3) is 6.00. The first kappa shape index (κ1) is 27.1. The number of benzene rings is 3. The molecule has 7 nitrogen and oxygen atoms in total. The molecule has 0 radical (unpaired) electrons. The number of carbonyl (C=O) groups excluding carboxylic acids is 2. The van der Waals surface area contributed by atoms with E-state index in [-0.39, 0.29) is 0 Å². The second kappa shape index (κ2) is 11.8. The van der Waals surface area contributed by atoms with Gasteiger partial charge in [-0.3, -0.25) is 20.0 Å². The van der Waals surface area contributed by atoms with E-state index in [9.17, 15) is 9.59 Å². The van der Waals surface area contributed by atoms with Crippen LogP contribution >= 0.6 is 22.9 Å². The number of nitrogens with zero attached hydrogens (tertiary/aromatic N) is 3. The minimum absolute atomic E-state index is 0.422. The maximum absolute atomic E-state index is 13.7. The van der Waals surface area contributed by atoms with Gasteiger partial charge in [-0.1, -0.05) is 72.3 Å². The topological polar surface area (TPSA) is 84.4 Å². The van der Waals surface area contributed by atoms with Crippen LogP contribution in [-0.2, 0) is 29.0 Å². The van der Waals surface area contributed by atoms with Crippen LogP contribution in [0.3, 0.4) is 0 Å². The molecule has 3 heterocycles. The monoisotopic (exact) mass is 582 g/mol. The smallest absolute Gasteiger partial charge is 0.339 e. The van der Waals surface area contributed by atoms with Gasteiger partial charge in [0.1, 0.15) is 0 Å². The fourth-order valence-corrected chi connectivity index (χ4v) is 5.87. The van der Waals surface area contributed by atoms with Gasteiger partial charge in [-0.2, -0.15) is 0 Å². The van der Waals surface area contributed by atoms with Crippen molar-refractivity contribution in [3.8, 4) is 11.3 Å². The molecule has 5 aromatic rings. The zero-order valence-electron chi connectivity index (χ0n) is 22.3. The lowest BCUT2D eigenvalue weighted by Crippen LogP contribution is -2.34. The van der Waals surface area contributed by atoms with Gasteiger partial charge in [0.15, 0.2) is 11.2 Å². The van der Waals surface area contributed by atoms with Gasteiger partial charge >= 0.3 is 5.97 Å². The minimum Gasteiger partial charge on any atom is -0.449 e. The molecule has 1 aliphatic rings. The summed E-state index contributed by atoms with van der Waals surface area (Å²) in [4.78, 5) is 38.4. The van der Waals surface area contributed by atoms with Crippen LogP contribution < -0.4 is 5.32 Å². The summed E-state index contributed by atoms with van der Waals surface area (Å²) in [5, 5.41) is 6.41. The van der Waals surface area contributed by atoms with Gasteiger partial charge in [0, 0.05) is 58.7 Å². The van der Waals surface area contributed by atoms with Crippen LogP contribution in [-0.4, -0.2) is 39.4 Å². The number of aromatic nitrogens is 2. The highest BCUT2D eigenvalue weighted by Gasteiger charge is 2.29. The number of amides is 1.